The van der Waals surface area contributed by atoms with Gasteiger partial charge >= 0.3 is 0 Å². The van der Waals surface area contributed by atoms with Gasteiger partial charge in [0.05, 0.1) is 16.5 Å². The molecular weight excluding hydrogens is 442 g/mol. The molecule has 0 aliphatic rings. The molecule has 1 unspecified atom stereocenters. The van der Waals surface area contributed by atoms with Crippen LogP contribution in [0.4, 0.5) is 0 Å². The number of pyridine rings is 1. The first-order chi connectivity index (χ1) is 16.7. The van der Waals surface area contributed by atoms with Crippen molar-refractivity contribution >= 4 is 28.6 Å². The third kappa shape index (κ3) is 4.18. The number of hydrogen-bond donors (Lipinski definition) is 1. The van der Waals surface area contributed by atoms with Crippen molar-refractivity contribution in [2.45, 2.75) is 17.3 Å². The summed E-state index contributed by atoms with van der Waals surface area (Å²) in [5, 5.41) is 13.2. The summed E-state index contributed by atoms with van der Waals surface area (Å²) in [6.45, 7) is 1.86. The second-order valence-corrected chi connectivity index (χ2v) is 9.10. The van der Waals surface area contributed by atoms with E-state index in [0.717, 1.165) is 33.4 Å². The van der Waals surface area contributed by atoms with Gasteiger partial charge in [0.15, 0.2) is 11.0 Å². The molecule has 2 heterocycles. The van der Waals surface area contributed by atoms with Crippen molar-refractivity contribution in [1.82, 2.24) is 25.1 Å². The Kier molecular flexibility index (Phi) is 6.10. The number of nitrogens with zero attached hydrogens (tertiary/aromatic N) is 4. The third-order valence-corrected chi connectivity index (χ3v) is 6.61. The van der Waals surface area contributed by atoms with E-state index in [0.29, 0.717) is 11.0 Å². The Morgan fingerprint density at radius 3 is 2.32 bits per heavy atom. The Balaban J connectivity index is 1.74. The zero-order valence-corrected chi connectivity index (χ0v) is 19.7. The standard InChI is InChI=1S/C27H23N5OS/c1-18(26(33)28-2)34-27-31-30-25(32(27)20-13-7-4-8-14-20)22-17-24(19-11-5-3-6-12-19)29-23-16-10-9-15-21(22)23/h3-18H,1-2H3,(H,28,33). The lowest BCUT2D eigenvalue weighted by Crippen LogP contribution is -2.27. The third-order valence-electron chi connectivity index (χ3n) is 5.57. The maximum absolute atomic E-state index is 12.2. The van der Waals surface area contributed by atoms with Crippen LogP contribution in [0.1, 0.15) is 6.92 Å². The van der Waals surface area contributed by atoms with E-state index in [9.17, 15) is 4.79 Å². The van der Waals surface area contributed by atoms with Crippen molar-refractivity contribution < 1.29 is 4.79 Å². The Bertz CT molecular complexity index is 1450. The summed E-state index contributed by atoms with van der Waals surface area (Å²) in [4.78, 5) is 17.1. The molecule has 168 valence electrons. The Morgan fingerprint density at radius 2 is 1.59 bits per heavy atom. The lowest BCUT2D eigenvalue weighted by Gasteiger charge is -2.14. The predicted molar refractivity (Wildman–Crippen MR) is 137 cm³/mol. The summed E-state index contributed by atoms with van der Waals surface area (Å²) in [5.74, 6) is 0.642. The minimum Gasteiger partial charge on any atom is -0.358 e. The van der Waals surface area contributed by atoms with Gasteiger partial charge in [0.25, 0.3) is 0 Å². The van der Waals surface area contributed by atoms with E-state index in [1.54, 1.807) is 7.05 Å². The minimum absolute atomic E-state index is 0.0603. The van der Waals surface area contributed by atoms with Crippen LogP contribution in [0.25, 0.3) is 39.2 Å². The van der Waals surface area contributed by atoms with Gasteiger partial charge in [-0.1, -0.05) is 78.5 Å². The fourth-order valence-corrected chi connectivity index (χ4v) is 4.79. The van der Waals surface area contributed by atoms with Crippen LogP contribution in [-0.2, 0) is 4.79 Å². The van der Waals surface area contributed by atoms with E-state index in [-0.39, 0.29) is 11.2 Å². The van der Waals surface area contributed by atoms with E-state index in [2.05, 4.69) is 39.8 Å². The highest BCUT2D eigenvalue weighted by Gasteiger charge is 2.23. The summed E-state index contributed by atoms with van der Waals surface area (Å²) >= 11 is 1.38. The molecular formula is C27H23N5OS. The number of nitrogens with one attached hydrogen (secondary N) is 1. The van der Waals surface area contributed by atoms with E-state index >= 15 is 0 Å². The van der Waals surface area contributed by atoms with Crippen molar-refractivity contribution in [3.63, 3.8) is 0 Å². The molecule has 0 aliphatic heterocycles. The Labute approximate surface area is 202 Å². The Morgan fingerprint density at radius 1 is 0.912 bits per heavy atom. The molecule has 0 saturated heterocycles. The SMILES string of the molecule is CNC(=O)C(C)Sc1nnc(-c2cc(-c3ccccc3)nc3ccccc23)n1-c1ccccc1. The molecule has 0 saturated carbocycles. The summed E-state index contributed by atoms with van der Waals surface area (Å²) in [7, 11) is 1.64. The molecule has 5 rings (SSSR count). The van der Waals surface area contributed by atoms with E-state index in [4.69, 9.17) is 4.98 Å². The van der Waals surface area contributed by atoms with Gasteiger partial charge in [0.1, 0.15) is 0 Å². The topological polar surface area (TPSA) is 72.7 Å². The quantitative estimate of drug-likeness (QED) is 0.341. The maximum atomic E-state index is 12.2. The number of thioether (sulfide) groups is 1. The van der Waals surface area contributed by atoms with Crippen LogP contribution < -0.4 is 5.32 Å². The largest absolute Gasteiger partial charge is 0.358 e. The lowest BCUT2D eigenvalue weighted by molar-refractivity contribution is -0.119. The molecule has 0 fully saturated rings. The molecule has 6 nitrogen and oxygen atoms in total. The first-order valence-corrected chi connectivity index (χ1v) is 11.9. The van der Waals surface area contributed by atoms with Gasteiger partial charge in [0, 0.05) is 29.2 Å². The number of carbonyl (C=O) groups excluding carboxylic acids is 1. The van der Waals surface area contributed by atoms with Gasteiger partial charge < -0.3 is 5.32 Å². The van der Waals surface area contributed by atoms with Gasteiger partial charge in [-0.05, 0) is 31.2 Å². The average Bonchev–Trinajstić information content (AvgIpc) is 3.31. The molecule has 0 spiro atoms. The van der Waals surface area contributed by atoms with Crippen LogP contribution in [0, 0.1) is 0 Å². The van der Waals surface area contributed by atoms with Crippen LogP contribution in [0.5, 0.6) is 0 Å². The second kappa shape index (κ2) is 9.49. The molecule has 0 bridgehead atoms. The summed E-state index contributed by atoms with van der Waals surface area (Å²) in [6.07, 6.45) is 0. The van der Waals surface area contributed by atoms with Crippen LogP contribution in [0.2, 0.25) is 0 Å². The van der Waals surface area contributed by atoms with Crippen molar-refractivity contribution in [1.29, 1.82) is 0 Å². The minimum atomic E-state index is -0.321. The summed E-state index contributed by atoms with van der Waals surface area (Å²) < 4.78 is 2.01. The molecule has 1 atom stereocenters. The molecule has 34 heavy (non-hydrogen) atoms. The highest BCUT2D eigenvalue weighted by atomic mass is 32.2. The zero-order valence-electron chi connectivity index (χ0n) is 18.8. The number of para-hydroxylation sites is 2. The van der Waals surface area contributed by atoms with Crippen molar-refractivity contribution in [3.05, 3.63) is 91.0 Å². The molecule has 2 aromatic heterocycles. The van der Waals surface area contributed by atoms with Crippen LogP contribution in [0.15, 0.2) is 96.2 Å². The van der Waals surface area contributed by atoms with Crippen molar-refractivity contribution in [2.24, 2.45) is 0 Å². The van der Waals surface area contributed by atoms with Gasteiger partial charge in [-0.25, -0.2) is 4.98 Å². The number of hydrogen-bond acceptors (Lipinski definition) is 5. The van der Waals surface area contributed by atoms with Crippen molar-refractivity contribution in [3.8, 4) is 28.3 Å². The first kappa shape index (κ1) is 21.9. The van der Waals surface area contributed by atoms with Gasteiger partial charge in [-0.2, -0.15) is 0 Å². The maximum Gasteiger partial charge on any atom is 0.233 e. The normalized spacial score (nSPS) is 11.9. The highest BCUT2D eigenvalue weighted by Crippen LogP contribution is 2.35. The molecule has 0 radical (unpaired) electrons. The number of benzene rings is 3. The van der Waals surface area contributed by atoms with E-state index < -0.39 is 0 Å². The fraction of sp³-hybridized carbons (Fsp3) is 0.111. The molecule has 3 aromatic carbocycles. The molecule has 1 amide bonds. The van der Waals surface area contributed by atoms with Gasteiger partial charge in [0.2, 0.25) is 5.91 Å². The van der Waals surface area contributed by atoms with Gasteiger partial charge in [-0.3, -0.25) is 9.36 Å². The van der Waals surface area contributed by atoms with Crippen LogP contribution in [-0.4, -0.2) is 38.0 Å². The summed E-state index contributed by atoms with van der Waals surface area (Å²) in [6, 6.07) is 30.2. The smallest absolute Gasteiger partial charge is 0.233 e. The fourth-order valence-electron chi connectivity index (χ4n) is 3.86. The van der Waals surface area contributed by atoms with Crippen LogP contribution in [0.3, 0.4) is 0 Å². The van der Waals surface area contributed by atoms with E-state index in [1.807, 2.05) is 78.2 Å². The zero-order chi connectivity index (χ0) is 23.5. The Hall–Kier alpha value is -3.97. The molecule has 0 aliphatic carbocycles. The molecule has 7 heteroatoms. The molecule has 1 N–H and O–H groups in total. The number of aromatic nitrogens is 4. The number of fused-ring (bicyclic) bond motifs is 1. The second-order valence-electron chi connectivity index (χ2n) is 7.79. The van der Waals surface area contributed by atoms with Gasteiger partial charge in [-0.15, -0.1) is 10.2 Å². The monoisotopic (exact) mass is 465 g/mol. The number of rotatable bonds is 6. The number of amides is 1. The molecule has 5 aromatic rings. The van der Waals surface area contributed by atoms with E-state index in [1.165, 1.54) is 11.8 Å². The van der Waals surface area contributed by atoms with Crippen molar-refractivity contribution in [2.75, 3.05) is 7.05 Å². The lowest BCUT2D eigenvalue weighted by atomic mass is 10.0. The number of carbonyl (C=O) groups is 1. The summed E-state index contributed by atoms with van der Waals surface area (Å²) in [5.41, 5.74) is 4.64. The predicted octanol–water partition coefficient (Wildman–Crippen LogP) is 5.38. The average molecular weight is 466 g/mol. The van der Waals surface area contributed by atoms with Crippen LogP contribution >= 0.6 is 11.8 Å². The highest BCUT2D eigenvalue weighted by molar-refractivity contribution is 8.00. The first-order valence-electron chi connectivity index (χ1n) is 11.0.